The summed E-state index contributed by atoms with van der Waals surface area (Å²) < 4.78 is 70.7. The van der Waals surface area contributed by atoms with Crippen LogP contribution in [-0.2, 0) is 25.7 Å². The average molecular weight is 436 g/mol. The van der Waals surface area contributed by atoms with E-state index in [4.69, 9.17) is 16.3 Å². The average Bonchev–Trinajstić information content (AvgIpc) is 2.58. The first-order valence-electron chi connectivity index (χ1n) is 8.06. The van der Waals surface area contributed by atoms with Crippen LogP contribution >= 0.6 is 11.6 Å². The fourth-order valence-electron chi connectivity index (χ4n) is 2.30. The third kappa shape index (κ3) is 5.39. The summed E-state index contributed by atoms with van der Waals surface area (Å²) in [6.45, 7) is 2.35. The zero-order valence-electron chi connectivity index (χ0n) is 14.9. The van der Waals surface area contributed by atoms with Gasteiger partial charge in [-0.1, -0.05) is 17.7 Å². The van der Waals surface area contributed by atoms with Gasteiger partial charge in [-0.25, -0.2) is 8.42 Å². The van der Waals surface area contributed by atoms with E-state index in [1.807, 2.05) is 0 Å². The number of nitrogens with zero attached hydrogens (tertiary/aromatic N) is 1. The van der Waals surface area contributed by atoms with Crippen molar-refractivity contribution in [2.24, 2.45) is 0 Å². The molecule has 2 rings (SSSR count). The lowest BCUT2D eigenvalue weighted by molar-refractivity contribution is -0.145. The van der Waals surface area contributed by atoms with Crippen molar-refractivity contribution in [3.8, 4) is 0 Å². The van der Waals surface area contributed by atoms with Gasteiger partial charge >= 0.3 is 12.1 Å². The highest BCUT2D eigenvalue weighted by molar-refractivity contribution is 7.92. The van der Waals surface area contributed by atoms with Crippen LogP contribution in [0.15, 0.2) is 53.4 Å². The monoisotopic (exact) mass is 435 g/mol. The number of hydrogen-bond donors (Lipinski definition) is 0. The van der Waals surface area contributed by atoms with Gasteiger partial charge in [0, 0.05) is 5.02 Å². The quantitative estimate of drug-likeness (QED) is 0.626. The summed E-state index contributed by atoms with van der Waals surface area (Å²) in [7, 11) is -4.36. The van der Waals surface area contributed by atoms with Crippen molar-refractivity contribution in [2.75, 3.05) is 10.8 Å². The predicted molar refractivity (Wildman–Crippen MR) is 98.7 cm³/mol. The van der Waals surface area contributed by atoms with Gasteiger partial charge in [-0.3, -0.25) is 9.10 Å². The topological polar surface area (TPSA) is 63.7 Å². The second-order valence-corrected chi connectivity index (χ2v) is 8.35. The maximum absolute atomic E-state index is 13.1. The van der Waals surface area contributed by atoms with Gasteiger partial charge in [0.1, 0.15) is 6.54 Å². The number of benzene rings is 2. The van der Waals surface area contributed by atoms with E-state index in [9.17, 15) is 26.4 Å². The largest absolute Gasteiger partial charge is 0.462 e. The second-order valence-electron chi connectivity index (χ2n) is 6.05. The maximum atomic E-state index is 13.1. The molecule has 28 heavy (non-hydrogen) atoms. The highest BCUT2D eigenvalue weighted by atomic mass is 35.5. The molecule has 0 unspecified atom stereocenters. The van der Waals surface area contributed by atoms with E-state index in [1.54, 1.807) is 13.8 Å². The summed E-state index contributed by atoms with van der Waals surface area (Å²) in [5.74, 6) is -0.898. The molecule has 0 radical (unpaired) electrons. The van der Waals surface area contributed by atoms with E-state index in [0.717, 1.165) is 12.1 Å². The van der Waals surface area contributed by atoms with E-state index < -0.39 is 40.4 Å². The molecule has 10 heteroatoms. The Morgan fingerprint density at radius 3 is 2.29 bits per heavy atom. The Labute approximate surface area is 165 Å². The van der Waals surface area contributed by atoms with Crippen molar-refractivity contribution in [3.05, 3.63) is 59.1 Å². The SMILES string of the molecule is CC(C)OC(=O)CN(c1cccc(C(F)(F)F)c1)S(=O)(=O)c1ccc(Cl)cc1. The Morgan fingerprint density at radius 1 is 1.14 bits per heavy atom. The van der Waals surface area contributed by atoms with E-state index in [0.29, 0.717) is 10.4 Å². The molecule has 2 aromatic carbocycles. The first-order chi connectivity index (χ1) is 12.9. The van der Waals surface area contributed by atoms with Crippen molar-refractivity contribution in [1.82, 2.24) is 0 Å². The van der Waals surface area contributed by atoms with Crippen LogP contribution in [0.4, 0.5) is 18.9 Å². The summed E-state index contributed by atoms with van der Waals surface area (Å²) in [6.07, 6.45) is -5.20. The van der Waals surface area contributed by atoms with E-state index >= 15 is 0 Å². The maximum Gasteiger partial charge on any atom is 0.416 e. The lowest BCUT2D eigenvalue weighted by Crippen LogP contribution is -2.37. The van der Waals surface area contributed by atoms with Gasteiger partial charge in [0.25, 0.3) is 10.0 Å². The highest BCUT2D eigenvalue weighted by Crippen LogP contribution is 2.33. The van der Waals surface area contributed by atoms with Crippen molar-refractivity contribution in [1.29, 1.82) is 0 Å². The molecule has 0 bridgehead atoms. The van der Waals surface area contributed by atoms with E-state index in [2.05, 4.69) is 0 Å². The number of esters is 1. The van der Waals surface area contributed by atoms with Gasteiger partial charge in [0.05, 0.1) is 22.3 Å². The van der Waals surface area contributed by atoms with Crippen LogP contribution in [0.3, 0.4) is 0 Å². The summed E-state index contributed by atoms with van der Waals surface area (Å²) in [5, 5.41) is 0.281. The highest BCUT2D eigenvalue weighted by Gasteiger charge is 2.33. The van der Waals surface area contributed by atoms with Gasteiger partial charge in [0.2, 0.25) is 0 Å². The van der Waals surface area contributed by atoms with Gasteiger partial charge in [0.15, 0.2) is 0 Å². The minimum atomic E-state index is -4.68. The first-order valence-corrected chi connectivity index (χ1v) is 9.88. The lowest BCUT2D eigenvalue weighted by Gasteiger charge is -2.25. The molecule has 0 saturated carbocycles. The van der Waals surface area contributed by atoms with Crippen molar-refractivity contribution < 1.29 is 31.1 Å². The molecule has 0 saturated heterocycles. The number of hydrogen-bond acceptors (Lipinski definition) is 4. The number of rotatable bonds is 6. The number of carbonyl (C=O) groups excluding carboxylic acids is 1. The van der Waals surface area contributed by atoms with Crippen LogP contribution in [0.5, 0.6) is 0 Å². The van der Waals surface area contributed by atoms with Crippen LogP contribution in [-0.4, -0.2) is 27.0 Å². The summed E-state index contributed by atoms with van der Waals surface area (Å²) in [5.41, 5.74) is -1.36. The third-order valence-electron chi connectivity index (χ3n) is 3.50. The molecule has 5 nitrogen and oxygen atoms in total. The molecule has 0 aliphatic carbocycles. The fraction of sp³-hybridized carbons (Fsp3) is 0.278. The molecule has 0 atom stereocenters. The van der Waals surface area contributed by atoms with Crippen LogP contribution in [0.25, 0.3) is 0 Å². The van der Waals surface area contributed by atoms with E-state index in [1.165, 1.54) is 30.3 Å². The van der Waals surface area contributed by atoms with Gasteiger partial charge < -0.3 is 4.74 Å². The Bertz CT molecular complexity index is 944. The lowest BCUT2D eigenvalue weighted by atomic mass is 10.2. The van der Waals surface area contributed by atoms with Crippen molar-refractivity contribution in [3.63, 3.8) is 0 Å². The number of ether oxygens (including phenoxy) is 1. The number of anilines is 1. The number of halogens is 4. The number of alkyl halides is 3. The Morgan fingerprint density at radius 2 is 1.75 bits per heavy atom. The molecule has 0 N–H and O–H groups in total. The Balaban J connectivity index is 2.54. The molecular weight excluding hydrogens is 419 g/mol. The zero-order chi connectivity index (χ0) is 21.1. The van der Waals surface area contributed by atoms with Crippen LogP contribution in [0.2, 0.25) is 5.02 Å². The third-order valence-corrected chi connectivity index (χ3v) is 5.54. The fourth-order valence-corrected chi connectivity index (χ4v) is 3.83. The first kappa shape index (κ1) is 22.0. The second kappa shape index (κ2) is 8.40. The molecule has 0 spiro atoms. The Kier molecular flexibility index (Phi) is 6.61. The summed E-state index contributed by atoms with van der Waals surface area (Å²) in [4.78, 5) is 11.8. The molecule has 2 aromatic rings. The van der Waals surface area contributed by atoms with Crippen molar-refractivity contribution in [2.45, 2.75) is 31.0 Å². The number of sulfonamides is 1. The molecule has 0 aliphatic rings. The van der Waals surface area contributed by atoms with Crippen LogP contribution in [0, 0.1) is 0 Å². The standard InChI is InChI=1S/C18H17ClF3NO4S/c1-12(2)27-17(24)11-23(15-5-3-4-13(10-15)18(20,21)22)28(25,26)16-8-6-14(19)7-9-16/h3-10,12H,11H2,1-2H3. The molecule has 0 amide bonds. The van der Waals surface area contributed by atoms with Gasteiger partial charge in [-0.05, 0) is 56.3 Å². The molecule has 0 aliphatic heterocycles. The zero-order valence-corrected chi connectivity index (χ0v) is 16.5. The minimum absolute atomic E-state index is 0.230. The van der Waals surface area contributed by atoms with E-state index in [-0.39, 0.29) is 15.6 Å². The van der Waals surface area contributed by atoms with Gasteiger partial charge in [-0.2, -0.15) is 13.2 Å². The summed E-state index contributed by atoms with van der Waals surface area (Å²) >= 11 is 5.76. The summed E-state index contributed by atoms with van der Waals surface area (Å²) in [6, 6.07) is 8.76. The molecule has 152 valence electrons. The molecule has 0 aromatic heterocycles. The molecular formula is C18H17ClF3NO4S. The minimum Gasteiger partial charge on any atom is -0.462 e. The molecule has 0 heterocycles. The number of carbonyl (C=O) groups is 1. The Hall–Kier alpha value is -2.26. The normalized spacial score (nSPS) is 12.1. The van der Waals surface area contributed by atoms with Crippen LogP contribution < -0.4 is 4.31 Å². The predicted octanol–water partition coefficient (Wildman–Crippen LogP) is 4.51. The smallest absolute Gasteiger partial charge is 0.416 e. The van der Waals surface area contributed by atoms with Crippen molar-refractivity contribution >= 4 is 33.3 Å². The van der Waals surface area contributed by atoms with Crippen LogP contribution in [0.1, 0.15) is 19.4 Å². The molecule has 0 fully saturated rings. The van der Waals surface area contributed by atoms with Gasteiger partial charge in [-0.15, -0.1) is 0 Å².